The number of fused-ring (bicyclic) bond motifs is 1. The summed E-state index contributed by atoms with van der Waals surface area (Å²) in [5.74, 6) is 0.123. The second-order valence-corrected chi connectivity index (χ2v) is 7.16. The molecule has 6 heteroatoms. The van der Waals surface area contributed by atoms with Crippen LogP contribution >= 0.6 is 0 Å². The Kier molecular flexibility index (Phi) is 7.01. The van der Waals surface area contributed by atoms with E-state index in [2.05, 4.69) is 17.5 Å². The van der Waals surface area contributed by atoms with E-state index in [1.54, 1.807) is 19.1 Å². The Labute approximate surface area is 176 Å². The molecule has 0 fully saturated rings. The van der Waals surface area contributed by atoms with Gasteiger partial charge in [-0.2, -0.15) is 5.10 Å². The van der Waals surface area contributed by atoms with Gasteiger partial charge in [0.05, 0.1) is 23.9 Å². The number of para-hydroxylation sites is 1. The smallest absolute Gasteiger partial charge is 0.272 e. The molecule has 3 aromatic rings. The molecule has 2 aromatic carbocycles. The number of benzene rings is 2. The zero-order chi connectivity index (χ0) is 21.5. The molecule has 2 N–H and O–H groups in total. The van der Waals surface area contributed by atoms with Crippen molar-refractivity contribution < 1.29 is 14.6 Å². The molecular weight excluding hydrogens is 378 g/mol. The molecule has 1 heterocycles. The third-order valence-corrected chi connectivity index (χ3v) is 4.97. The number of methoxy groups -OCH3 is 1. The number of ether oxygens (including phenoxy) is 1. The van der Waals surface area contributed by atoms with Gasteiger partial charge in [-0.3, -0.25) is 9.78 Å². The van der Waals surface area contributed by atoms with Crippen LogP contribution in [0.2, 0.25) is 0 Å². The molecule has 0 saturated heterocycles. The predicted molar refractivity (Wildman–Crippen MR) is 119 cm³/mol. The Morgan fingerprint density at radius 2 is 1.97 bits per heavy atom. The van der Waals surface area contributed by atoms with Crippen LogP contribution in [0.3, 0.4) is 0 Å². The monoisotopic (exact) mass is 405 g/mol. The minimum atomic E-state index is -0.282. The number of hydrogen-bond donors (Lipinski definition) is 2. The highest BCUT2D eigenvalue weighted by Crippen LogP contribution is 2.26. The van der Waals surface area contributed by atoms with Crippen LogP contribution in [0, 0.1) is 0 Å². The molecule has 6 nitrogen and oxygen atoms in total. The topological polar surface area (TPSA) is 83.8 Å². The summed E-state index contributed by atoms with van der Waals surface area (Å²) >= 11 is 0. The van der Waals surface area contributed by atoms with Crippen molar-refractivity contribution in [3.63, 3.8) is 0 Å². The van der Waals surface area contributed by atoms with Gasteiger partial charge in [-0.25, -0.2) is 5.43 Å². The maximum absolute atomic E-state index is 12.9. The van der Waals surface area contributed by atoms with Gasteiger partial charge in [0.15, 0.2) is 11.5 Å². The molecule has 0 aliphatic heterocycles. The molecule has 0 bridgehead atoms. The quantitative estimate of drug-likeness (QED) is 0.319. The van der Waals surface area contributed by atoms with E-state index in [0.29, 0.717) is 17.0 Å². The standard InChI is InChI=1S/C24H27N3O3/c1-4-5-6-9-18-15-20(19-10-7-8-11-21(19)25-18)24(29)27-26-16(2)17-12-13-22(28)23(14-17)30-3/h7-8,10-15,28H,4-6,9H2,1-3H3,(H,27,29)/b26-16-. The van der Waals surface area contributed by atoms with Crippen molar-refractivity contribution in [2.24, 2.45) is 5.10 Å². The molecule has 156 valence electrons. The molecule has 1 amide bonds. The second-order valence-electron chi connectivity index (χ2n) is 7.16. The number of aromatic hydroxyl groups is 1. The van der Waals surface area contributed by atoms with Gasteiger partial charge in [0.25, 0.3) is 5.91 Å². The van der Waals surface area contributed by atoms with Gasteiger partial charge in [0.2, 0.25) is 0 Å². The number of pyridine rings is 1. The normalized spacial score (nSPS) is 11.5. The van der Waals surface area contributed by atoms with Crippen molar-refractivity contribution >= 4 is 22.5 Å². The number of phenolic OH excluding ortho intramolecular Hbond substituents is 1. The lowest BCUT2D eigenvalue weighted by molar-refractivity contribution is 0.0956. The lowest BCUT2D eigenvalue weighted by atomic mass is 10.0. The first kappa shape index (κ1) is 21.3. The maximum atomic E-state index is 12.9. The highest BCUT2D eigenvalue weighted by molar-refractivity contribution is 6.07. The van der Waals surface area contributed by atoms with E-state index in [9.17, 15) is 9.90 Å². The fourth-order valence-electron chi connectivity index (χ4n) is 3.26. The van der Waals surface area contributed by atoms with Gasteiger partial charge in [0.1, 0.15) is 0 Å². The molecule has 0 unspecified atom stereocenters. The number of carbonyl (C=O) groups is 1. The highest BCUT2D eigenvalue weighted by atomic mass is 16.5. The van der Waals surface area contributed by atoms with Crippen LogP contribution in [0.4, 0.5) is 0 Å². The van der Waals surface area contributed by atoms with Gasteiger partial charge in [-0.1, -0.05) is 38.0 Å². The van der Waals surface area contributed by atoms with E-state index in [1.165, 1.54) is 13.2 Å². The fraction of sp³-hybridized carbons (Fsp3) is 0.292. The molecule has 3 rings (SSSR count). The number of hydrazone groups is 1. The van der Waals surface area contributed by atoms with Crippen LogP contribution in [0.25, 0.3) is 10.9 Å². The maximum Gasteiger partial charge on any atom is 0.272 e. The summed E-state index contributed by atoms with van der Waals surface area (Å²) in [5, 5.41) is 14.8. The van der Waals surface area contributed by atoms with Crippen LogP contribution in [-0.2, 0) is 6.42 Å². The molecule has 0 atom stereocenters. The summed E-state index contributed by atoms with van der Waals surface area (Å²) in [5.41, 5.74) is 6.28. The number of aryl methyl sites for hydroxylation is 1. The highest BCUT2D eigenvalue weighted by Gasteiger charge is 2.13. The van der Waals surface area contributed by atoms with Crippen LogP contribution in [0.15, 0.2) is 53.6 Å². The van der Waals surface area contributed by atoms with Gasteiger partial charge in [-0.15, -0.1) is 0 Å². The largest absolute Gasteiger partial charge is 0.504 e. The number of carbonyl (C=O) groups excluding carboxylic acids is 1. The van der Waals surface area contributed by atoms with E-state index in [-0.39, 0.29) is 11.7 Å². The average molecular weight is 405 g/mol. The van der Waals surface area contributed by atoms with E-state index < -0.39 is 0 Å². The van der Waals surface area contributed by atoms with Crippen molar-refractivity contribution in [3.05, 3.63) is 65.4 Å². The molecule has 0 saturated carbocycles. The molecule has 30 heavy (non-hydrogen) atoms. The number of aromatic nitrogens is 1. The summed E-state index contributed by atoms with van der Waals surface area (Å²) in [4.78, 5) is 17.7. The Bertz CT molecular complexity index is 1080. The zero-order valence-corrected chi connectivity index (χ0v) is 17.6. The third-order valence-electron chi connectivity index (χ3n) is 4.97. The van der Waals surface area contributed by atoms with Crippen molar-refractivity contribution in [3.8, 4) is 11.5 Å². The first-order chi connectivity index (χ1) is 14.5. The number of phenols is 1. The number of nitrogens with one attached hydrogen (secondary N) is 1. The number of unbranched alkanes of at least 4 members (excludes halogenated alkanes) is 2. The van der Waals surface area contributed by atoms with Crippen LogP contribution < -0.4 is 10.2 Å². The lowest BCUT2D eigenvalue weighted by Crippen LogP contribution is -2.20. The Balaban J connectivity index is 1.86. The van der Waals surface area contributed by atoms with E-state index in [4.69, 9.17) is 9.72 Å². The molecule has 0 aliphatic rings. The first-order valence-corrected chi connectivity index (χ1v) is 10.1. The second kappa shape index (κ2) is 9.87. The lowest BCUT2D eigenvalue weighted by Gasteiger charge is -2.10. The Hall–Kier alpha value is -3.41. The zero-order valence-electron chi connectivity index (χ0n) is 17.6. The number of rotatable bonds is 8. The SMILES string of the molecule is CCCCCc1cc(C(=O)N/N=C(/C)c2ccc(O)c(OC)c2)c2ccccc2n1. The van der Waals surface area contributed by atoms with Crippen LogP contribution in [0.1, 0.15) is 54.7 Å². The Morgan fingerprint density at radius 1 is 1.17 bits per heavy atom. The first-order valence-electron chi connectivity index (χ1n) is 10.1. The van der Waals surface area contributed by atoms with Crippen LogP contribution in [0.5, 0.6) is 11.5 Å². The summed E-state index contributed by atoms with van der Waals surface area (Å²) in [6.07, 6.45) is 4.16. The predicted octanol–water partition coefficient (Wildman–Crippen LogP) is 4.84. The van der Waals surface area contributed by atoms with E-state index >= 15 is 0 Å². The van der Waals surface area contributed by atoms with Crippen molar-refractivity contribution in [2.75, 3.05) is 7.11 Å². The van der Waals surface area contributed by atoms with E-state index in [0.717, 1.165) is 47.8 Å². The fourth-order valence-corrected chi connectivity index (χ4v) is 3.26. The van der Waals surface area contributed by atoms with Gasteiger partial charge >= 0.3 is 0 Å². The molecule has 0 radical (unpaired) electrons. The summed E-state index contributed by atoms with van der Waals surface area (Å²) in [7, 11) is 1.49. The minimum Gasteiger partial charge on any atom is -0.504 e. The number of hydrogen-bond acceptors (Lipinski definition) is 5. The summed E-state index contributed by atoms with van der Waals surface area (Å²) in [6, 6.07) is 14.4. The molecule has 0 aliphatic carbocycles. The van der Waals surface area contributed by atoms with Gasteiger partial charge < -0.3 is 9.84 Å². The third kappa shape index (κ3) is 4.95. The summed E-state index contributed by atoms with van der Waals surface area (Å²) < 4.78 is 5.13. The number of amides is 1. The van der Waals surface area contributed by atoms with E-state index in [1.807, 2.05) is 30.3 Å². The molecule has 0 spiro atoms. The minimum absolute atomic E-state index is 0.0527. The average Bonchev–Trinajstić information content (AvgIpc) is 2.77. The molecule has 1 aromatic heterocycles. The van der Waals surface area contributed by atoms with Crippen molar-refractivity contribution in [1.29, 1.82) is 0 Å². The van der Waals surface area contributed by atoms with Crippen LogP contribution in [-0.4, -0.2) is 28.8 Å². The Morgan fingerprint density at radius 3 is 2.73 bits per heavy atom. The van der Waals surface area contributed by atoms with Crippen molar-refractivity contribution in [2.45, 2.75) is 39.5 Å². The van der Waals surface area contributed by atoms with Gasteiger partial charge in [0, 0.05) is 16.6 Å². The summed E-state index contributed by atoms with van der Waals surface area (Å²) in [6.45, 7) is 3.95. The number of nitrogens with zero attached hydrogens (tertiary/aromatic N) is 2. The van der Waals surface area contributed by atoms with Crippen molar-refractivity contribution in [1.82, 2.24) is 10.4 Å². The van der Waals surface area contributed by atoms with Gasteiger partial charge in [-0.05, 0) is 50.1 Å². The molecular formula is C24H27N3O3.